The van der Waals surface area contributed by atoms with Gasteiger partial charge in [-0.15, -0.1) is 0 Å². The van der Waals surface area contributed by atoms with Gasteiger partial charge in [0.05, 0.1) is 17.2 Å². The highest BCUT2D eigenvalue weighted by molar-refractivity contribution is 6.17. The summed E-state index contributed by atoms with van der Waals surface area (Å²) in [5.41, 5.74) is -1.27. The van der Waals surface area contributed by atoms with Gasteiger partial charge in [0.15, 0.2) is 11.5 Å². The van der Waals surface area contributed by atoms with E-state index in [1.165, 1.54) is 17.0 Å². The van der Waals surface area contributed by atoms with Crippen LogP contribution in [0.25, 0.3) is 0 Å². The molecule has 1 aromatic carbocycles. The number of anilines is 1. The predicted octanol–water partition coefficient (Wildman–Crippen LogP) is 5.43. The smallest absolute Gasteiger partial charge is 0.416 e. The van der Waals surface area contributed by atoms with Gasteiger partial charge >= 0.3 is 6.18 Å². The molecule has 1 aromatic rings. The Morgan fingerprint density at radius 1 is 1.03 bits per heavy atom. The van der Waals surface area contributed by atoms with E-state index in [9.17, 15) is 27.9 Å². The molecule has 158 valence electrons. The second-order valence-electron chi connectivity index (χ2n) is 8.90. The first-order valence-electron chi connectivity index (χ1n) is 9.91. The second-order valence-corrected chi connectivity index (χ2v) is 8.90. The molecule has 1 N–H and O–H groups in total. The number of carbonyl (C=O) groups excluding carboxylic acids is 2. The fraction of sp³-hybridized carbons (Fsp3) is 0.545. The van der Waals surface area contributed by atoms with Crippen molar-refractivity contribution in [2.75, 3.05) is 4.90 Å². The second kappa shape index (κ2) is 7.50. The molecular formula is C22H26F3NO3. The lowest BCUT2D eigenvalue weighted by Crippen LogP contribution is -2.44. The molecule has 3 rings (SSSR count). The predicted molar refractivity (Wildman–Crippen MR) is 103 cm³/mol. The first-order chi connectivity index (χ1) is 13.4. The maximum absolute atomic E-state index is 13.1. The van der Waals surface area contributed by atoms with Crippen LogP contribution in [0.2, 0.25) is 0 Å². The molecule has 1 aliphatic carbocycles. The van der Waals surface area contributed by atoms with Crippen molar-refractivity contribution >= 4 is 17.4 Å². The van der Waals surface area contributed by atoms with Crippen LogP contribution in [0.1, 0.15) is 58.4 Å². The van der Waals surface area contributed by atoms with Crippen LogP contribution >= 0.6 is 0 Å². The number of nitrogens with zero attached hydrogens (tertiary/aromatic N) is 1. The Balaban J connectivity index is 2.06. The van der Waals surface area contributed by atoms with Gasteiger partial charge in [-0.05, 0) is 43.0 Å². The highest BCUT2D eigenvalue weighted by Crippen LogP contribution is 2.42. The van der Waals surface area contributed by atoms with Crippen LogP contribution < -0.4 is 4.90 Å². The van der Waals surface area contributed by atoms with Crippen LogP contribution in [0, 0.1) is 11.3 Å². The van der Waals surface area contributed by atoms with Gasteiger partial charge in [-0.3, -0.25) is 14.5 Å². The van der Waals surface area contributed by atoms with Crippen molar-refractivity contribution in [1.29, 1.82) is 0 Å². The Hall–Kier alpha value is -2.31. The number of Topliss-reactive ketones (excluding diaryl/α,β-unsaturated/α-hetero) is 1. The standard InChI is InChI=1S/C22H26F3NO3/c1-21(2,3)19(28)16-17(13-7-5-4-6-8-13)26(20(29)18(16)27)15-11-9-14(10-12-15)22(23,24)25/h9-13,17,27H,4-8H2,1-3H3/t17-/m1/s1. The van der Waals surface area contributed by atoms with E-state index in [1.807, 2.05) is 0 Å². The lowest BCUT2D eigenvalue weighted by molar-refractivity contribution is -0.137. The lowest BCUT2D eigenvalue weighted by Gasteiger charge is -2.36. The van der Waals surface area contributed by atoms with Crippen molar-refractivity contribution < 1.29 is 27.9 Å². The number of amides is 1. The van der Waals surface area contributed by atoms with Gasteiger partial charge in [-0.2, -0.15) is 13.2 Å². The third kappa shape index (κ3) is 4.05. The lowest BCUT2D eigenvalue weighted by atomic mass is 9.76. The number of aliphatic hydroxyl groups excluding tert-OH is 1. The molecule has 1 amide bonds. The van der Waals surface area contributed by atoms with Crippen LogP contribution in [-0.2, 0) is 15.8 Å². The molecule has 1 fully saturated rings. The van der Waals surface area contributed by atoms with Gasteiger partial charge in [0.25, 0.3) is 5.91 Å². The number of hydrogen-bond donors (Lipinski definition) is 1. The monoisotopic (exact) mass is 409 g/mol. The molecule has 0 unspecified atom stereocenters. The van der Waals surface area contributed by atoms with Gasteiger partial charge < -0.3 is 5.11 Å². The summed E-state index contributed by atoms with van der Waals surface area (Å²) in [4.78, 5) is 27.3. The van der Waals surface area contributed by atoms with Crippen LogP contribution in [0.3, 0.4) is 0 Å². The van der Waals surface area contributed by atoms with Crippen molar-refractivity contribution in [3.8, 4) is 0 Å². The Morgan fingerprint density at radius 3 is 2.07 bits per heavy atom. The van der Waals surface area contributed by atoms with Crippen LogP contribution in [-0.4, -0.2) is 22.8 Å². The van der Waals surface area contributed by atoms with E-state index in [0.717, 1.165) is 44.2 Å². The fourth-order valence-electron chi connectivity index (χ4n) is 4.26. The molecule has 1 atom stereocenters. The van der Waals surface area contributed by atoms with Crippen LogP contribution in [0.15, 0.2) is 35.6 Å². The van der Waals surface area contributed by atoms with E-state index in [2.05, 4.69) is 0 Å². The summed E-state index contributed by atoms with van der Waals surface area (Å²) in [7, 11) is 0. The zero-order chi connectivity index (χ0) is 21.6. The molecule has 7 heteroatoms. The van der Waals surface area contributed by atoms with Crippen molar-refractivity contribution in [3.05, 3.63) is 41.2 Å². The number of alkyl halides is 3. The highest BCUT2D eigenvalue weighted by Gasteiger charge is 2.49. The Labute approximate surface area is 168 Å². The van der Waals surface area contributed by atoms with Crippen molar-refractivity contribution in [3.63, 3.8) is 0 Å². The number of hydrogen-bond acceptors (Lipinski definition) is 3. The SMILES string of the molecule is CC(C)(C)C(=O)C1=C(O)C(=O)N(c2ccc(C(F)(F)F)cc2)[C@@H]1C1CCCCC1. The summed E-state index contributed by atoms with van der Waals surface area (Å²) in [6.45, 7) is 5.16. The van der Waals surface area contributed by atoms with Gasteiger partial charge in [0.1, 0.15) is 0 Å². The zero-order valence-electron chi connectivity index (χ0n) is 16.8. The van der Waals surface area contributed by atoms with Gasteiger partial charge in [0, 0.05) is 11.1 Å². The maximum Gasteiger partial charge on any atom is 0.416 e. The Kier molecular flexibility index (Phi) is 5.54. The molecule has 0 aromatic heterocycles. The number of carbonyl (C=O) groups is 2. The number of aliphatic hydroxyl groups is 1. The van der Waals surface area contributed by atoms with Crippen molar-refractivity contribution in [1.82, 2.24) is 0 Å². The Bertz CT molecular complexity index is 828. The quantitative estimate of drug-likeness (QED) is 0.724. The van der Waals surface area contributed by atoms with Crippen LogP contribution in [0.5, 0.6) is 0 Å². The number of benzene rings is 1. The first-order valence-corrected chi connectivity index (χ1v) is 9.91. The van der Waals surface area contributed by atoms with Gasteiger partial charge in [-0.1, -0.05) is 40.0 Å². The average Bonchev–Trinajstić information content (AvgIpc) is 2.91. The molecular weight excluding hydrogens is 383 g/mol. The number of halogens is 3. The van der Waals surface area contributed by atoms with E-state index >= 15 is 0 Å². The minimum atomic E-state index is -4.48. The summed E-state index contributed by atoms with van der Waals surface area (Å²) in [5, 5.41) is 10.6. The minimum absolute atomic E-state index is 0.0269. The molecule has 0 spiro atoms. The molecule has 1 heterocycles. The van der Waals surface area contributed by atoms with E-state index in [4.69, 9.17) is 0 Å². The summed E-state index contributed by atoms with van der Waals surface area (Å²) < 4.78 is 38.8. The minimum Gasteiger partial charge on any atom is -0.503 e. The Morgan fingerprint density at radius 2 is 1.59 bits per heavy atom. The summed E-state index contributed by atoms with van der Waals surface area (Å²) in [6.07, 6.45) is 0.0776. The maximum atomic E-state index is 13.1. The van der Waals surface area contributed by atoms with Crippen molar-refractivity contribution in [2.45, 2.75) is 65.1 Å². The zero-order valence-corrected chi connectivity index (χ0v) is 16.8. The summed E-state index contributed by atoms with van der Waals surface area (Å²) in [6, 6.07) is 3.64. The fourth-order valence-corrected chi connectivity index (χ4v) is 4.26. The van der Waals surface area contributed by atoms with Crippen LogP contribution in [0.4, 0.5) is 18.9 Å². The number of rotatable bonds is 3. The molecule has 1 aliphatic heterocycles. The molecule has 0 radical (unpaired) electrons. The van der Waals surface area contributed by atoms with E-state index in [-0.39, 0.29) is 23.0 Å². The number of ketones is 1. The van der Waals surface area contributed by atoms with Gasteiger partial charge in [0.2, 0.25) is 0 Å². The van der Waals surface area contributed by atoms with Gasteiger partial charge in [-0.25, -0.2) is 0 Å². The molecule has 1 saturated carbocycles. The normalized spacial score (nSPS) is 21.8. The van der Waals surface area contributed by atoms with E-state index in [1.54, 1.807) is 20.8 Å². The van der Waals surface area contributed by atoms with E-state index in [0.29, 0.717) is 0 Å². The third-order valence-electron chi connectivity index (χ3n) is 5.75. The third-order valence-corrected chi connectivity index (χ3v) is 5.75. The summed E-state index contributed by atoms with van der Waals surface area (Å²) >= 11 is 0. The average molecular weight is 409 g/mol. The molecule has 2 aliphatic rings. The van der Waals surface area contributed by atoms with Crippen molar-refractivity contribution in [2.24, 2.45) is 11.3 Å². The molecule has 29 heavy (non-hydrogen) atoms. The topological polar surface area (TPSA) is 57.6 Å². The molecule has 4 nitrogen and oxygen atoms in total. The summed E-state index contributed by atoms with van der Waals surface area (Å²) in [5.74, 6) is -1.65. The molecule has 0 saturated heterocycles. The first kappa shape index (κ1) is 21.4. The highest BCUT2D eigenvalue weighted by atomic mass is 19.4. The largest absolute Gasteiger partial charge is 0.503 e. The van der Waals surface area contributed by atoms with E-state index < -0.39 is 34.9 Å². The molecule has 0 bridgehead atoms.